The second kappa shape index (κ2) is 6.66. The number of rotatable bonds is 3. The predicted octanol–water partition coefficient (Wildman–Crippen LogP) is 3.58. The molecular formula is C14H17ClN4O2S. The Morgan fingerprint density at radius 2 is 2.50 bits per heavy atom. The van der Waals surface area contributed by atoms with Crippen LogP contribution < -0.4 is 5.32 Å². The first-order valence-corrected chi connectivity index (χ1v) is 8.45. The molecule has 3 heterocycles. The summed E-state index contributed by atoms with van der Waals surface area (Å²) in [4.78, 5) is 18.4. The van der Waals surface area contributed by atoms with Crippen molar-refractivity contribution in [3.05, 3.63) is 27.5 Å². The van der Waals surface area contributed by atoms with E-state index >= 15 is 0 Å². The first kappa shape index (κ1) is 15.3. The average Bonchev–Trinajstić information content (AvgIpc) is 3.08. The Kier molecular flexibility index (Phi) is 4.63. The molecule has 0 bridgehead atoms. The zero-order valence-corrected chi connectivity index (χ0v) is 13.8. The Bertz CT molecular complexity index is 657. The molecule has 6 nitrogen and oxygen atoms in total. The SMILES string of the molecule is Cc1nc(C[C@@H]2CCCN(C(=O)Nc3ccsc3Cl)C2)no1. The summed E-state index contributed by atoms with van der Waals surface area (Å²) < 4.78 is 5.60. The van der Waals surface area contributed by atoms with E-state index in [-0.39, 0.29) is 6.03 Å². The molecule has 2 aromatic rings. The average molecular weight is 341 g/mol. The lowest BCUT2D eigenvalue weighted by Gasteiger charge is -2.32. The Morgan fingerprint density at radius 1 is 1.64 bits per heavy atom. The number of aromatic nitrogens is 2. The number of carbonyl (C=O) groups is 1. The van der Waals surface area contributed by atoms with Crippen LogP contribution in [0.2, 0.25) is 4.34 Å². The minimum absolute atomic E-state index is 0.103. The molecule has 1 N–H and O–H groups in total. The van der Waals surface area contributed by atoms with Gasteiger partial charge in [0.15, 0.2) is 5.82 Å². The molecule has 1 aliphatic heterocycles. The molecule has 118 valence electrons. The van der Waals surface area contributed by atoms with E-state index in [4.69, 9.17) is 16.1 Å². The van der Waals surface area contributed by atoms with Gasteiger partial charge in [0.05, 0.1) is 5.69 Å². The summed E-state index contributed by atoms with van der Waals surface area (Å²) in [6, 6.07) is 1.71. The van der Waals surface area contributed by atoms with Crippen LogP contribution in [-0.4, -0.2) is 34.2 Å². The summed E-state index contributed by atoms with van der Waals surface area (Å²) in [5, 5.41) is 8.65. The van der Waals surface area contributed by atoms with E-state index in [0.29, 0.717) is 34.2 Å². The van der Waals surface area contributed by atoms with Crippen LogP contribution in [0.4, 0.5) is 10.5 Å². The number of nitrogens with zero attached hydrogens (tertiary/aromatic N) is 3. The van der Waals surface area contributed by atoms with Gasteiger partial charge in [-0.2, -0.15) is 4.98 Å². The number of thiophene rings is 1. The van der Waals surface area contributed by atoms with Crippen LogP contribution in [0.1, 0.15) is 24.6 Å². The molecule has 8 heteroatoms. The van der Waals surface area contributed by atoms with Crippen LogP contribution in [-0.2, 0) is 6.42 Å². The summed E-state index contributed by atoms with van der Waals surface area (Å²) in [6.07, 6.45) is 2.78. The number of urea groups is 1. The number of nitrogens with one attached hydrogen (secondary N) is 1. The minimum atomic E-state index is -0.103. The summed E-state index contributed by atoms with van der Waals surface area (Å²) >= 11 is 7.42. The molecule has 1 fully saturated rings. The number of carbonyl (C=O) groups excluding carboxylic acids is 1. The van der Waals surface area contributed by atoms with Crippen molar-refractivity contribution in [2.24, 2.45) is 5.92 Å². The fourth-order valence-corrected chi connectivity index (χ4v) is 3.51. The van der Waals surface area contributed by atoms with Gasteiger partial charge < -0.3 is 14.7 Å². The molecule has 22 heavy (non-hydrogen) atoms. The van der Waals surface area contributed by atoms with Gasteiger partial charge in [-0.05, 0) is 30.2 Å². The van der Waals surface area contributed by atoms with Crippen molar-refractivity contribution in [3.8, 4) is 0 Å². The van der Waals surface area contributed by atoms with Gasteiger partial charge in [-0.25, -0.2) is 4.79 Å². The zero-order chi connectivity index (χ0) is 15.5. The number of hydrogen-bond acceptors (Lipinski definition) is 5. The highest BCUT2D eigenvalue weighted by atomic mass is 35.5. The number of halogens is 1. The molecule has 2 aromatic heterocycles. The Balaban J connectivity index is 1.58. The van der Waals surface area contributed by atoms with Gasteiger partial charge in [0, 0.05) is 26.4 Å². The smallest absolute Gasteiger partial charge is 0.321 e. The van der Waals surface area contributed by atoms with E-state index < -0.39 is 0 Å². The van der Waals surface area contributed by atoms with Gasteiger partial charge in [-0.3, -0.25) is 0 Å². The monoisotopic (exact) mass is 340 g/mol. The van der Waals surface area contributed by atoms with Crippen molar-refractivity contribution in [3.63, 3.8) is 0 Å². The molecule has 0 unspecified atom stereocenters. The lowest BCUT2D eigenvalue weighted by Crippen LogP contribution is -2.42. The Morgan fingerprint density at radius 3 is 3.18 bits per heavy atom. The summed E-state index contributed by atoms with van der Waals surface area (Å²) in [7, 11) is 0. The third-order valence-electron chi connectivity index (χ3n) is 3.71. The number of aryl methyl sites for hydroxylation is 1. The molecule has 1 aliphatic rings. The minimum Gasteiger partial charge on any atom is -0.340 e. The van der Waals surface area contributed by atoms with Crippen molar-refractivity contribution in [1.82, 2.24) is 15.0 Å². The molecule has 0 saturated carbocycles. The second-order valence-electron chi connectivity index (χ2n) is 5.43. The number of likely N-dealkylation sites (tertiary alicyclic amines) is 1. The van der Waals surface area contributed by atoms with Crippen molar-refractivity contribution < 1.29 is 9.32 Å². The highest BCUT2D eigenvalue weighted by Crippen LogP contribution is 2.28. The normalized spacial score (nSPS) is 18.5. The van der Waals surface area contributed by atoms with Crippen LogP contribution in [0, 0.1) is 12.8 Å². The summed E-state index contributed by atoms with van der Waals surface area (Å²) in [6.45, 7) is 3.23. The molecule has 0 radical (unpaired) electrons. The number of piperidine rings is 1. The zero-order valence-electron chi connectivity index (χ0n) is 12.2. The van der Waals surface area contributed by atoms with Gasteiger partial charge in [0.2, 0.25) is 5.89 Å². The van der Waals surface area contributed by atoms with Gasteiger partial charge in [-0.15, -0.1) is 11.3 Å². The van der Waals surface area contributed by atoms with Crippen molar-refractivity contribution in [1.29, 1.82) is 0 Å². The van der Waals surface area contributed by atoms with Crippen molar-refractivity contribution in [2.45, 2.75) is 26.2 Å². The van der Waals surface area contributed by atoms with Gasteiger partial charge in [-0.1, -0.05) is 16.8 Å². The first-order chi connectivity index (χ1) is 10.6. The van der Waals surface area contributed by atoms with E-state index in [2.05, 4.69) is 15.5 Å². The van der Waals surface area contributed by atoms with Crippen LogP contribution in [0.15, 0.2) is 16.0 Å². The highest BCUT2D eigenvalue weighted by Gasteiger charge is 2.25. The Labute approximate surface area is 137 Å². The quantitative estimate of drug-likeness (QED) is 0.927. The van der Waals surface area contributed by atoms with E-state index in [0.717, 1.165) is 25.8 Å². The van der Waals surface area contributed by atoms with E-state index in [1.54, 1.807) is 6.92 Å². The van der Waals surface area contributed by atoms with Crippen LogP contribution in [0.5, 0.6) is 0 Å². The third kappa shape index (κ3) is 3.59. The maximum Gasteiger partial charge on any atom is 0.321 e. The summed E-state index contributed by atoms with van der Waals surface area (Å²) in [5.74, 6) is 1.65. The molecule has 3 rings (SSSR count). The fraction of sp³-hybridized carbons (Fsp3) is 0.500. The lowest BCUT2D eigenvalue weighted by molar-refractivity contribution is 0.176. The van der Waals surface area contributed by atoms with E-state index in [1.165, 1.54) is 11.3 Å². The number of amides is 2. The largest absolute Gasteiger partial charge is 0.340 e. The molecule has 2 amide bonds. The third-order valence-corrected chi connectivity index (χ3v) is 4.88. The van der Waals surface area contributed by atoms with E-state index in [1.807, 2.05) is 16.3 Å². The van der Waals surface area contributed by atoms with Gasteiger partial charge >= 0.3 is 6.03 Å². The predicted molar refractivity (Wildman–Crippen MR) is 85.4 cm³/mol. The van der Waals surface area contributed by atoms with Gasteiger partial charge in [0.25, 0.3) is 0 Å². The number of anilines is 1. The molecule has 1 saturated heterocycles. The summed E-state index contributed by atoms with van der Waals surface area (Å²) in [5.41, 5.74) is 0.674. The van der Waals surface area contributed by atoms with Crippen LogP contribution >= 0.6 is 22.9 Å². The fourth-order valence-electron chi connectivity index (χ4n) is 2.67. The second-order valence-corrected chi connectivity index (χ2v) is 6.94. The standard InChI is InChI=1S/C14H17ClN4O2S/c1-9-16-12(18-21-9)7-10-3-2-5-19(8-10)14(20)17-11-4-6-22-13(11)15/h4,6,10H,2-3,5,7-8H2,1H3,(H,17,20)/t10-/m0/s1. The van der Waals surface area contributed by atoms with Crippen LogP contribution in [0.3, 0.4) is 0 Å². The topological polar surface area (TPSA) is 71.3 Å². The van der Waals surface area contributed by atoms with Gasteiger partial charge in [0.1, 0.15) is 4.34 Å². The maximum atomic E-state index is 12.3. The van der Waals surface area contributed by atoms with Crippen molar-refractivity contribution >= 4 is 34.7 Å². The first-order valence-electron chi connectivity index (χ1n) is 7.20. The molecule has 1 atom stereocenters. The molecule has 0 aliphatic carbocycles. The number of hydrogen-bond donors (Lipinski definition) is 1. The molecule has 0 aromatic carbocycles. The van der Waals surface area contributed by atoms with E-state index in [9.17, 15) is 4.79 Å². The lowest BCUT2D eigenvalue weighted by atomic mass is 9.95. The van der Waals surface area contributed by atoms with Crippen LogP contribution in [0.25, 0.3) is 0 Å². The molecule has 0 spiro atoms. The maximum absolute atomic E-state index is 12.3. The van der Waals surface area contributed by atoms with Crippen molar-refractivity contribution in [2.75, 3.05) is 18.4 Å². The Hall–Kier alpha value is -1.60. The molecular weight excluding hydrogens is 324 g/mol. The highest BCUT2D eigenvalue weighted by molar-refractivity contribution is 7.15.